The minimum atomic E-state index is 0.803. The lowest BCUT2D eigenvalue weighted by Gasteiger charge is -2.16. The van der Waals surface area contributed by atoms with Gasteiger partial charge >= 0.3 is 0 Å². The van der Waals surface area contributed by atoms with Crippen LogP contribution in [0.5, 0.6) is 0 Å². The van der Waals surface area contributed by atoms with E-state index in [-0.39, 0.29) is 0 Å². The number of thioether (sulfide) groups is 1. The summed E-state index contributed by atoms with van der Waals surface area (Å²) in [7, 11) is 4.26. The number of rotatable bonds is 4. The van der Waals surface area contributed by atoms with E-state index in [0.29, 0.717) is 0 Å². The summed E-state index contributed by atoms with van der Waals surface area (Å²) >= 11 is 8.22. The van der Waals surface area contributed by atoms with Crippen molar-refractivity contribution in [1.29, 1.82) is 0 Å². The Bertz CT molecular complexity index is 670. The highest BCUT2D eigenvalue weighted by Gasteiger charge is 2.17. The molecule has 0 unspecified atom stereocenters. The number of halogens is 1. The molecule has 4 heteroatoms. The molecule has 0 bridgehead atoms. The van der Waals surface area contributed by atoms with E-state index in [1.54, 1.807) is 0 Å². The van der Waals surface area contributed by atoms with Crippen LogP contribution in [-0.2, 0) is 12.8 Å². The monoisotopic (exact) mass is 334 g/mol. The second kappa shape index (κ2) is 7.20. The zero-order valence-electron chi connectivity index (χ0n) is 13.4. The van der Waals surface area contributed by atoms with Crippen LogP contribution in [0.4, 0.5) is 0 Å². The average molecular weight is 335 g/mol. The third-order valence-electron chi connectivity index (χ3n) is 4.21. The van der Waals surface area contributed by atoms with Crippen LogP contribution in [0.2, 0.25) is 5.02 Å². The third-order valence-corrected chi connectivity index (χ3v) is 5.58. The summed E-state index contributed by atoms with van der Waals surface area (Å²) in [6, 6.07) is 6.11. The summed E-state index contributed by atoms with van der Waals surface area (Å²) in [5, 5.41) is 2.04. The Labute approximate surface area is 142 Å². The van der Waals surface area contributed by atoms with Crippen molar-refractivity contribution >= 4 is 34.3 Å². The molecule has 1 aromatic heterocycles. The summed E-state index contributed by atoms with van der Waals surface area (Å²) < 4.78 is 0. The fourth-order valence-electron chi connectivity index (χ4n) is 3.02. The van der Waals surface area contributed by atoms with Gasteiger partial charge in [0.15, 0.2) is 0 Å². The number of fused-ring (bicyclic) bond motifs is 2. The third kappa shape index (κ3) is 3.58. The Kier molecular flexibility index (Phi) is 5.27. The first-order chi connectivity index (χ1) is 10.6. The molecule has 0 radical (unpaired) electrons. The smallest absolute Gasteiger partial charge is 0.0717 e. The van der Waals surface area contributed by atoms with Gasteiger partial charge in [0.25, 0.3) is 0 Å². The molecule has 0 fully saturated rings. The van der Waals surface area contributed by atoms with Gasteiger partial charge in [-0.1, -0.05) is 18.0 Å². The van der Waals surface area contributed by atoms with E-state index in [1.165, 1.54) is 40.8 Å². The molecule has 0 amide bonds. The lowest BCUT2D eigenvalue weighted by molar-refractivity contribution is 0.437. The molecule has 22 heavy (non-hydrogen) atoms. The van der Waals surface area contributed by atoms with Gasteiger partial charge in [-0.2, -0.15) is 0 Å². The second-order valence-corrected chi connectivity index (χ2v) is 7.78. The van der Waals surface area contributed by atoms with Crippen molar-refractivity contribution in [3.8, 4) is 0 Å². The number of pyridine rings is 1. The maximum atomic E-state index is 6.25. The van der Waals surface area contributed by atoms with E-state index in [2.05, 4.69) is 31.1 Å². The molecule has 2 nitrogen and oxygen atoms in total. The highest BCUT2D eigenvalue weighted by atomic mass is 35.5. The molecular weight excluding hydrogens is 312 g/mol. The van der Waals surface area contributed by atoms with Crippen LogP contribution >= 0.6 is 23.4 Å². The minimum absolute atomic E-state index is 0.803. The zero-order chi connectivity index (χ0) is 15.5. The van der Waals surface area contributed by atoms with Gasteiger partial charge in [-0.15, -0.1) is 11.8 Å². The Morgan fingerprint density at radius 1 is 1.18 bits per heavy atom. The first-order valence-corrected chi connectivity index (χ1v) is 9.40. The van der Waals surface area contributed by atoms with Crippen LogP contribution in [-0.4, -0.2) is 36.3 Å². The van der Waals surface area contributed by atoms with Crippen molar-refractivity contribution in [3.63, 3.8) is 0 Å². The van der Waals surface area contributed by atoms with Gasteiger partial charge in [0.05, 0.1) is 5.52 Å². The van der Waals surface area contributed by atoms with Crippen LogP contribution in [0.3, 0.4) is 0 Å². The number of hydrogen-bond acceptors (Lipinski definition) is 3. The quantitative estimate of drug-likeness (QED) is 0.589. The van der Waals surface area contributed by atoms with E-state index < -0.39 is 0 Å². The fraction of sp³-hybridized carbons (Fsp3) is 0.500. The molecule has 3 rings (SSSR count). The van der Waals surface area contributed by atoms with E-state index in [1.807, 2.05) is 17.8 Å². The largest absolute Gasteiger partial charge is 0.309 e. The van der Waals surface area contributed by atoms with E-state index >= 15 is 0 Å². The Morgan fingerprint density at radius 3 is 2.82 bits per heavy atom. The number of nitrogens with zero attached hydrogens (tertiary/aromatic N) is 2. The lowest BCUT2D eigenvalue weighted by atomic mass is 10.1. The van der Waals surface area contributed by atoms with Crippen LogP contribution in [0.1, 0.15) is 30.5 Å². The summed E-state index contributed by atoms with van der Waals surface area (Å²) in [6.45, 7) is 1.09. The molecular formula is C18H23ClN2S. The highest BCUT2D eigenvalue weighted by Crippen LogP contribution is 2.36. The minimum Gasteiger partial charge on any atom is -0.309 e. The molecule has 2 aromatic rings. The lowest BCUT2D eigenvalue weighted by Crippen LogP contribution is -2.15. The van der Waals surface area contributed by atoms with E-state index in [4.69, 9.17) is 16.6 Å². The number of aromatic nitrogens is 1. The molecule has 0 saturated heterocycles. The van der Waals surface area contributed by atoms with E-state index in [0.717, 1.165) is 35.7 Å². The fourth-order valence-corrected chi connectivity index (χ4v) is 4.57. The van der Waals surface area contributed by atoms with Crippen LogP contribution in [0.25, 0.3) is 10.9 Å². The zero-order valence-corrected chi connectivity index (χ0v) is 14.9. The topological polar surface area (TPSA) is 16.1 Å². The predicted molar refractivity (Wildman–Crippen MR) is 97.3 cm³/mol. The SMILES string of the molecule is CN(C)CCSc1c2c(nc3ccc(Cl)cc13)CCCCC2. The normalized spacial score (nSPS) is 15.1. The molecule has 1 aliphatic carbocycles. The van der Waals surface area contributed by atoms with Crippen LogP contribution in [0.15, 0.2) is 23.1 Å². The maximum Gasteiger partial charge on any atom is 0.0717 e. The van der Waals surface area contributed by atoms with Crippen LogP contribution < -0.4 is 0 Å². The van der Waals surface area contributed by atoms with Crippen molar-refractivity contribution in [3.05, 3.63) is 34.5 Å². The van der Waals surface area contributed by atoms with Crippen molar-refractivity contribution in [2.24, 2.45) is 0 Å². The number of hydrogen-bond donors (Lipinski definition) is 0. The molecule has 1 aromatic carbocycles. The van der Waals surface area contributed by atoms with Crippen molar-refractivity contribution in [2.75, 3.05) is 26.4 Å². The molecule has 0 spiro atoms. The molecule has 0 saturated carbocycles. The summed E-state index contributed by atoms with van der Waals surface area (Å²) in [5.41, 5.74) is 3.90. The molecule has 0 atom stereocenters. The Morgan fingerprint density at radius 2 is 2.00 bits per heavy atom. The maximum absolute atomic E-state index is 6.25. The van der Waals surface area contributed by atoms with Gasteiger partial charge in [-0.25, -0.2) is 0 Å². The predicted octanol–water partition coefficient (Wildman–Crippen LogP) is 4.81. The second-order valence-electron chi connectivity index (χ2n) is 6.24. The molecule has 0 aliphatic heterocycles. The number of benzene rings is 1. The molecule has 1 heterocycles. The first kappa shape index (κ1) is 16.1. The van der Waals surface area contributed by atoms with Gasteiger partial charge in [0.2, 0.25) is 0 Å². The van der Waals surface area contributed by atoms with Gasteiger partial charge in [0.1, 0.15) is 0 Å². The van der Waals surface area contributed by atoms with E-state index in [9.17, 15) is 0 Å². The van der Waals surface area contributed by atoms with Gasteiger partial charge in [-0.05, 0) is 63.5 Å². The van der Waals surface area contributed by atoms with Crippen molar-refractivity contribution in [1.82, 2.24) is 9.88 Å². The standard InChI is InChI=1S/C18H23ClN2S/c1-21(2)10-11-22-18-14-6-4-3-5-7-16(14)20-17-9-8-13(19)12-15(17)18/h8-9,12H,3-7,10-11H2,1-2H3. The first-order valence-electron chi connectivity index (χ1n) is 8.03. The average Bonchev–Trinajstić information content (AvgIpc) is 2.72. The van der Waals surface area contributed by atoms with Gasteiger partial charge < -0.3 is 4.90 Å². The van der Waals surface area contributed by atoms with Crippen molar-refractivity contribution < 1.29 is 0 Å². The highest BCUT2D eigenvalue weighted by molar-refractivity contribution is 7.99. The Hall–Kier alpha value is -0.770. The number of aryl methyl sites for hydroxylation is 1. The molecule has 1 aliphatic rings. The summed E-state index contributed by atoms with van der Waals surface area (Å²) in [4.78, 5) is 8.60. The molecule has 0 N–H and O–H groups in total. The molecule has 118 valence electrons. The van der Waals surface area contributed by atoms with Crippen molar-refractivity contribution in [2.45, 2.75) is 37.0 Å². The summed E-state index contributed by atoms with van der Waals surface area (Å²) in [6.07, 6.45) is 6.14. The van der Waals surface area contributed by atoms with Gasteiger partial charge in [-0.3, -0.25) is 4.98 Å². The summed E-state index contributed by atoms with van der Waals surface area (Å²) in [5.74, 6) is 1.10. The Balaban J connectivity index is 2.06. The van der Waals surface area contributed by atoms with Gasteiger partial charge in [0, 0.05) is 33.3 Å². The van der Waals surface area contributed by atoms with Crippen LogP contribution in [0, 0.1) is 0 Å².